The van der Waals surface area contributed by atoms with Gasteiger partial charge >= 0.3 is 0 Å². The molecular formula is C24H28N2O2S. The van der Waals surface area contributed by atoms with Crippen LogP contribution in [-0.4, -0.2) is 37.0 Å². The van der Waals surface area contributed by atoms with Gasteiger partial charge in [-0.1, -0.05) is 54.6 Å². The highest BCUT2D eigenvalue weighted by Crippen LogP contribution is 2.41. The summed E-state index contributed by atoms with van der Waals surface area (Å²) in [6.07, 6.45) is 0. The van der Waals surface area contributed by atoms with Crippen molar-refractivity contribution >= 4 is 22.5 Å². The van der Waals surface area contributed by atoms with Gasteiger partial charge in [-0.3, -0.25) is 0 Å². The van der Waals surface area contributed by atoms with Gasteiger partial charge in [0.15, 0.2) is 11.1 Å². The van der Waals surface area contributed by atoms with Crippen LogP contribution < -0.4 is 9.80 Å². The second-order valence-electron chi connectivity index (χ2n) is 7.56. The summed E-state index contributed by atoms with van der Waals surface area (Å²) >= 11 is -2.04. The molecule has 3 rings (SSSR count). The maximum Gasteiger partial charge on any atom is 0.161 e. The molecule has 5 heteroatoms. The van der Waals surface area contributed by atoms with Crippen molar-refractivity contribution in [3.8, 4) is 0 Å². The minimum atomic E-state index is -2.04. The molecule has 0 saturated carbocycles. The average Bonchev–Trinajstić information content (AvgIpc) is 2.72. The molecule has 1 N–H and O–H groups in total. The Kier molecular flexibility index (Phi) is 6.72. The third-order valence-corrected chi connectivity index (χ3v) is 6.16. The van der Waals surface area contributed by atoms with Crippen LogP contribution in [0.4, 0.5) is 11.4 Å². The molecular weight excluding hydrogens is 380 g/mol. The molecule has 0 radical (unpaired) electrons. The Morgan fingerprint density at radius 2 is 1.07 bits per heavy atom. The third kappa shape index (κ3) is 4.86. The summed E-state index contributed by atoms with van der Waals surface area (Å²) < 4.78 is 22.9. The first-order valence-corrected chi connectivity index (χ1v) is 10.7. The van der Waals surface area contributed by atoms with E-state index < -0.39 is 16.3 Å². The van der Waals surface area contributed by atoms with Crippen molar-refractivity contribution < 1.29 is 8.76 Å². The molecule has 0 aliphatic carbocycles. The molecule has 3 atom stereocenters. The minimum Gasteiger partial charge on any atom is -0.378 e. The summed E-state index contributed by atoms with van der Waals surface area (Å²) in [4.78, 5) is 4.06. The highest BCUT2D eigenvalue weighted by Gasteiger charge is 2.31. The Morgan fingerprint density at radius 1 is 0.655 bits per heavy atom. The van der Waals surface area contributed by atoms with Gasteiger partial charge in [0, 0.05) is 45.5 Å². The maximum absolute atomic E-state index is 12.6. The van der Waals surface area contributed by atoms with Crippen LogP contribution in [0.1, 0.15) is 27.9 Å². The zero-order chi connectivity index (χ0) is 21.0. The zero-order valence-electron chi connectivity index (χ0n) is 17.3. The first kappa shape index (κ1) is 21.1. The van der Waals surface area contributed by atoms with E-state index in [9.17, 15) is 8.76 Å². The lowest BCUT2D eigenvalue weighted by Gasteiger charge is -2.27. The van der Waals surface area contributed by atoms with Gasteiger partial charge in [-0.25, -0.2) is 4.21 Å². The van der Waals surface area contributed by atoms with Gasteiger partial charge in [-0.2, -0.15) is 0 Å². The highest BCUT2D eigenvalue weighted by molar-refractivity contribution is 7.79. The second-order valence-corrected chi connectivity index (χ2v) is 8.62. The van der Waals surface area contributed by atoms with Crippen molar-refractivity contribution in [1.29, 1.82) is 0 Å². The Balaban J connectivity index is 2.10. The van der Waals surface area contributed by atoms with Crippen molar-refractivity contribution in [2.45, 2.75) is 11.2 Å². The van der Waals surface area contributed by atoms with Gasteiger partial charge in [0.2, 0.25) is 0 Å². The molecule has 0 bridgehead atoms. The molecule has 29 heavy (non-hydrogen) atoms. The van der Waals surface area contributed by atoms with Crippen LogP contribution in [-0.2, 0) is 11.1 Å². The van der Waals surface area contributed by atoms with E-state index in [0.717, 1.165) is 28.1 Å². The van der Waals surface area contributed by atoms with Crippen molar-refractivity contribution in [1.82, 2.24) is 0 Å². The van der Waals surface area contributed by atoms with Crippen molar-refractivity contribution in [2.75, 3.05) is 38.0 Å². The smallest absolute Gasteiger partial charge is 0.161 e. The van der Waals surface area contributed by atoms with Crippen LogP contribution in [0.25, 0.3) is 0 Å². The fraction of sp³-hybridized carbons (Fsp3) is 0.250. The lowest BCUT2D eigenvalue weighted by atomic mass is 9.85. The van der Waals surface area contributed by atoms with E-state index in [0.29, 0.717) is 0 Å². The number of rotatable bonds is 7. The monoisotopic (exact) mass is 408 g/mol. The molecule has 4 nitrogen and oxygen atoms in total. The third-order valence-electron chi connectivity index (χ3n) is 5.19. The van der Waals surface area contributed by atoms with Crippen molar-refractivity contribution in [2.24, 2.45) is 0 Å². The summed E-state index contributed by atoms with van der Waals surface area (Å²) in [6.45, 7) is 0. The van der Waals surface area contributed by atoms with Crippen LogP contribution >= 0.6 is 0 Å². The normalized spacial score (nSPS) is 14.1. The van der Waals surface area contributed by atoms with Gasteiger partial charge < -0.3 is 14.4 Å². The largest absolute Gasteiger partial charge is 0.378 e. The predicted molar refractivity (Wildman–Crippen MR) is 123 cm³/mol. The van der Waals surface area contributed by atoms with Crippen LogP contribution in [0.15, 0.2) is 78.9 Å². The average molecular weight is 409 g/mol. The summed E-state index contributed by atoms with van der Waals surface area (Å²) in [5, 5.41) is -0.571. The van der Waals surface area contributed by atoms with E-state index in [1.54, 1.807) is 0 Å². The zero-order valence-corrected chi connectivity index (χ0v) is 18.1. The fourth-order valence-corrected chi connectivity index (χ4v) is 4.51. The summed E-state index contributed by atoms with van der Waals surface area (Å²) in [5.74, 6) is -0.233. The standard InChI is InChI=1S/C24H28N2O2S/c1-25(2)21-14-10-19(11-15-21)23(18-8-6-5-7-9-18)24(29(27)28)20-12-16-22(17-13-20)26(3)4/h5-17,23-24H,1-4H3,(H,27,28). The summed E-state index contributed by atoms with van der Waals surface area (Å²) in [5.41, 5.74) is 5.04. The fourth-order valence-electron chi connectivity index (χ4n) is 3.57. The summed E-state index contributed by atoms with van der Waals surface area (Å²) in [7, 11) is 7.97. The van der Waals surface area contributed by atoms with E-state index in [1.807, 2.05) is 92.6 Å². The van der Waals surface area contributed by atoms with Crippen molar-refractivity contribution in [3.05, 3.63) is 95.6 Å². The van der Waals surface area contributed by atoms with E-state index in [4.69, 9.17) is 0 Å². The molecule has 3 aromatic rings. The molecule has 0 heterocycles. The Labute approximate surface area is 176 Å². The molecule has 0 saturated heterocycles. The van der Waals surface area contributed by atoms with E-state index in [1.165, 1.54) is 0 Å². The molecule has 3 aromatic carbocycles. The van der Waals surface area contributed by atoms with E-state index >= 15 is 0 Å². The molecule has 152 valence electrons. The van der Waals surface area contributed by atoms with Crippen LogP contribution in [0.5, 0.6) is 0 Å². The molecule has 3 unspecified atom stereocenters. The summed E-state index contributed by atoms with van der Waals surface area (Å²) in [6, 6.07) is 26.1. The number of hydrogen-bond donors (Lipinski definition) is 1. The number of anilines is 2. The second kappa shape index (κ2) is 9.25. The SMILES string of the molecule is CN(C)c1ccc(C(c2ccccc2)C(c2ccc(N(C)C)cc2)S(=O)O)cc1. The van der Waals surface area contributed by atoms with Crippen LogP contribution in [0.3, 0.4) is 0 Å². The molecule has 0 aliphatic rings. The molecule has 0 amide bonds. The first-order chi connectivity index (χ1) is 13.9. The number of benzene rings is 3. The van der Waals surface area contributed by atoms with E-state index in [-0.39, 0.29) is 5.92 Å². The Morgan fingerprint density at radius 3 is 1.48 bits per heavy atom. The van der Waals surface area contributed by atoms with Crippen LogP contribution in [0, 0.1) is 0 Å². The Bertz CT molecular complexity index is 939. The quantitative estimate of drug-likeness (QED) is 0.564. The van der Waals surface area contributed by atoms with Gasteiger partial charge in [-0.05, 0) is 41.0 Å². The maximum atomic E-state index is 12.6. The van der Waals surface area contributed by atoms with Gasteiger partial charge in [0.05, 0.1) is 5.25 Å². The lowest BCUT2D eigenvalue weighted by molar-refractivity contribution is 0.540. The molecule has 0 aromatic heterocycles. The number of hydrogen-bond acceptors (Lipinski definition) is 3. The predicted octanol–water partition coefficient (Wildman–Crippen LogP) is 4.91. The van der Waals surface area contributed by atoms with Crippen LogP contribution in [0.2, 0.25) is 0 Å². The molecule has 0 aliphatic heterocycles. The highest BCUT2D eigenvalue weighted by atomic mass is 32.2. The molecule has 0 fully saturated rings. The molecule has 0 spiro atoms. The van der Waals surface area contributed by atoms with Gasteiger partial charge in [0.25, 0.3) is 0 Å². The Hall–Kier alpha value is -2.63. The van der Waals surface area contributed by atoms with Crippen molar-refractivity contribution in [3.63, 3.8) is 0 Å². The van der Waals surface area contributed by atoms with Gasteiger partial charge in [0.1, 0.15) is 0 Å². The van der Waals surface area contributed by atoms with Gasteiger partial charge in [-0.15, -0.1) is 0 Å². The number of nitrogens with zero attached hydrogens (tertiary/aromatic N) is 2. The first-order valence-electron chi connectivity index (χ1n) is 9.57. The topological polar surface area (TPSA) is 43.8 Å². The minimum absolute atomic E-state index is 0.233. The lowest BCUT2D eigenvalue weighted by Crippen LogP contribution is -2.18. The van der Waals surface area contributed by atoms with E-state index in [2.05, 4.69) is 24.3 Å².